The number of hydrogen-bond donors (Lipinski definition) is 3. The summed E-state index contributed by atoms with van der Waals surface area (Å²) in [6, 6.07) is 7.17. The van der Waals surface area contributed by atoms with Crippen molar-refractivity contribution in [3.63, 3.8) is 0 Å². The standard InChI is InChI=1S/C12H15N3O/c1-13-6-5-10-8-14-15-12(10)9-3-2-4-11(16)7-9/h2-4,7-8,13,16H,5-6H2,1H3,(H,14,15). The average molecular weight is 217 g/mol. The Balaban J connectivity index is 2.29. The molecule has 0 aliphatic rings. The number of H-pyrrole nitrogens is 1. The molecule has 0 saturated carbocycles. The lowest BCUT2D eigenvalue weighted by Crippen LogP contribution is -2.10. The number of benzene rings is 1. The fourth-order valence-electron chi connectivity index (χ4n) is 1.67. The predicted octanol–water partition coefficient (Wildman–Crippen LogP) is 1.54. The second kappa shape index (κ2) is 4.81. The minimum Gasteiger partial charge on any atom is -0.508 e. The Bertz CT molecular complexity index is 465. The first-order valence-corrected chi connectivity index (χ1v) is 5.27. The average Bonchev–Trinajstić information content (AvgIpc) is 2.74. The van der Waals surface area contributed by atoms with E-state index < -0.39 is 0 Å². The molecule has 0 amide bonds. The molecule has 0 aliphatic carbocycles. The molecule has 2 aromatic rings. The Labute approximate surface area is 94.3 Å². The van der Waals surface area contributed by atoms with Crippen LogP contribution in [-0.2, 0) is 6.42 Å². The number of rotatable bonds is 4. The summed E-state index contributed by atoms with van der Waals surface area (Å²) in [6.07, 6.45) is 2.74. The van der Waals surface area contributed by atoms with Gasteiger partial charge in [0.2, 0.25) is 0 Å². The monoisotopic (exact) mass is 217 g/mol. The van der Waals surface area contributed by atoms with E-state index in [1.165, 1.54) is 0 Å². The Morgan fingerprint density at radius 1 is 1.44 bits per heavy atom. The van der Waals surface area contributed by atoms with E-state index in [-0.39, 0.29) is 5.75 Å². The van der Waals surface area contributed by atoms with Crippen molar-refractivity contribution in [3.05, 3.63) is 36.0 Å². The van der Waals surface area contributed by atoms with Gasteiger partial charge in [-0.2, -0.15) is 5.10 Å². The van der Waals surface area contributed by atoms with Crippen molar-refractivity contribution < 1.29 is 5.11 Å². The number of aromatic amines is 1. The Morgan fingerprint density at radius 3 is 3.06 bits per heavy atom. The lowest BCUT2D eigenvalue weighted by Gasteiger charge is -2.03. The molecular formula is C12H15N3O. The van der Waals surface area contributed by atoms with Crippen molar-refractivity contribution in [3.8, 4) is 17.0 Å². The molecule has 1 heterocycles. The first-order chi connectivity index (χ1) is 7.81. The molecule has 0 aliphatic heterocycles. The Hall–Kier alpha value is -1.81. The minimum absolute atomic E-state index is 0.270. The highest BCUT2D eigenvalue weighted by Crippen LogP contribution is 2.24. The van der Waals surface area contributed by atoms with Crippen LogP contribution in [0.5, 0.6) is 5.75 Å². The summed E-state index contributed by atoms with van der Waals surface area (Å²) in [4.78, 5) is 0. The number of phenols is 1. The van der Waals surface area contributed by atoms with Crippen LogP contribution in [0.2, 0.25) is 0 Å². The van der Waals surface area contributed by atoms with Crippen LogP contribution < -0.4 is 5.32 Å². The van der Waals surface area contributed by atoms with Crippen LogP contribution >= 0.6 is 0 Å². The minimum atomic E-state index is 0.270. The summed E-state index contributed by atoms with van der Waals surface area (Å²) >= 11 is 0. The largest absolute Gasteiger partial charge is 0.508 e. The molecule has 1 aromatic carbocycles. The maximum Gasteiger partial charge on any atom is 0.116 e. The number of hydrogen-bond acceptors (Lipinski definition) is 3. The molecule has 3 N–H and O–H groups in total. The van der Waals surface area contributed by atoms with E-state index in [4.69, 9.17) is 0 Å². The molecule has 84 valence electrons. The van der Waals surface area contributed by atoms with E-state index in [0.717, 1.165) is 29.8 Å². The van der Waals surface area contributed by atoms with Gasteiger partial charge in [-0.05, 0) is 37.7 Å². The van der Waals surface area contributed by atoms with Gasteiger partial charge in [-0.3, -0.25) is 5.10 Å². The zero-order valence-electron chi connectivity index (χ0n) is 9.20. The Morgan fingerprint density at radius 2 is 2.31 bits per heavy atom. The highest BCUT2D eigenvalue weighted by Gasteiger charge is 2.07. The number of aromatic nitrogens is 2. The van der Waals surface area contributed by atoms with Gasteiger partial charge < -0.3 is 10.4 Å². The van der Waals surface area contributed by atoms with Gasteiger partial charge in [0, 0.05) is 5.56 Å². The lowest BCUT2D eigenvalue weighted by atomic mass is 10.1. The fourth-order valence-corrected chi connectivity index (χ4v) is 1.67. The molecule has 2 rings (SSSR count). The summed E-state index contributed by atoms with van der Waals surface area (Å²) in [5.74, 6) is 0.270. The molecule has 0 spiro atoms. The first-order valence-electron chi connectivity index (χ1n) is 5.27. The van der Waals surface area contributed by atoms with E-state index in [2.05, 4.69) is 15.5 Å². The van der Waals surface area contributed by atoms with E-state index in [1.54, 1.807) is 12.1 Å². The van der Waals surface area contributed by atoms with Crippen LogP contribution in [0, 0.1) is 0 Å². The van der Waals surface area contributed by atoms with Crippen LogP contribution in [0.25, 0.3) is 11.3 Å². The van der Waals surface area contributed by atoms with Crippen molar-refractivity contribution in [2.45, 2.75) is 6.42 Å². The zero-order valence-corrected chi connectivity index (χ0v) is 9.20. The maximum absolute atomic E-state index is 9.43. The number of likely N-dealkylation sites (N-methyl/N-ethyl adjacent to an activating group) is 1. The van der Waals surface area contributed by atoms with E-state index >= 15 is 0 Å². The van der Waals surface area contributed by atoms with Crippen LogP contribution in [0.3, 0.4) is 0 Å². The molecule has 0 fully saturated rings. The molecule has 0 radical (unpaired) electrons. The lowest BCUT2D eigenvalue weighted by molar-refractivity contribution is 0.475. The number of nitrogens with one attached hydrogen (secondary N) is 2. The molecule has 0 atom stereocenters. The normalized spacial score (nSPS) is 10.6. The smallest absolute Gasteiger partial charge is 0.116 e. The van der Waals surface area contributed by atoms with E-state index in [0.29, 0.717) is 0 Å². The quantitative estimate of drug-likeness (QED) is 0.728. The molecule has 0 bridgehead atoms. The number of phenolic OH excluding ortho intramolecular Hbond substituents is 1. The van der Waals surface area contributed by atoms with Crippen molar-refractivity contribution in [2.24, 2.45) is 0 Å². The van der Waals surface area contributed by atoms with Gasteiger partial charge >= 0.3 is 0 Å². The van der Waals surface area contributed by atoms with Crippen molar-refractivity contribution in [1.82, 2.24) is 15.5 Å². The summed E-state index contributed by atoms with van der Waals surface area (Å²) in [7, 11) is 1.92. The molecule has 4 nitrogen and oxygen atoms in total. The van der Waals surface area contributed by atoms with Gasteiger partial charge in [0.15, 0.2) is 0 Å². The molecular weight excluding hydrogens is 202 g/mol. The van der Waals surface area contributed by atoms with Gasteiger partial charge in [-0.25, -0.2) is 0 Å². The van der Waals surface area contributed by atoms with Crippen LogP contribution in [0.1, 0.15) is 5.56 Å². The van der Waals surface area contributed by atoms with Crippen LogP contribution in [0.15, 0.2) is 30.5 Å². The summed E-state index contributed by atoms with van der Waals surface area (Å²) < 4.78 is 0. The molecule has 16 heavy (non-hydrogen) atoms. The summed E-state index contributed by atoms with van der Waals surface area (Å²) in [6.45, 7) is 0.908. The molecule has 0 saturated heterocycles. The third-order valence-electron chi connectivity index (χ3n) is 2.50. The second-order valence-electron chi connectivity index (χ2n) is 3.67. The highest BCUT2D eigenvalue weighted by molar-refractivity contribution is 5.64. The predicted molar refractivity (Wildman–Crippen MR) is 63.3 cm³/mol. The van der Waals surface area contributed by atoms with Crippen molar-refractivity contribution in [2.75, 3.05) is 13.6 Å². The zero-order chi connectivity index (χ0) is 11.4. The van der Waals surface area contributed by atoms with Gasteiger partial charge in [0.05, 0.1) is 11.9 Å². The van der Waals surface area contributed by atoms with Gasteiger partial charge in [0.1, 0.15) is 5.75 Å². The Kier molecular flexibility index (Phi) is 3.22. The highest BCUT2D eigenvalue weighted by atomic mass is 16.3. The van der Waals surface area contributed by atoms with Gasteiger partial charge in [-0.15, -0.1) is 0 Å². The third-order valence-corrected chi connectivity index (χ3v) is 2.50. The van der Waals surface area contributed by atoms with Gasteiger partial charge in [0.25, 0.3) is 0 Å². The van der Waals surface area contributed by atoms with Crippen molar-refractivity contribution in [1.29, 1.82) is 0 Å². The SMILES string of the molecule is CNCCc1cn[nH]c1-c1cccc(O)c1. The summed E-state index contributed by atoms with van der Waals surface area (Å²) in [5, 5.41) is 19.6. The number of nitrogens with zero attached hydrogens (tertiary/aromatic N) is 1. The van der Waals surface area contributed by atoms with Gasteiger partial charge in [-0.1, -0.05) is 12.1 Å². The fraction of sp³-hybridized carbons (Fsp3) is 0.250. The number of aromatic hydroxyl groups is 1. The topological polar surface area (TPSA) is 60.9 Å². The summed E-state index contributed by atoms with van der Waals surface area (Å²) in [5.41, 5.74) is 3.09. The maximum atomic E-state index is 9.43. The molecule has 4 heteroatoms. The molecule has 1 aromatic heterocycles. The first kappa shape index (κ1) is 10.7. The molecule has 0 unspecified atom stereocenters. The van der Waals surface area contributed by atoms with E-state index in [9.17, 15) is 5.11 Å². The van der Waals surface area contributed by atoms with Crippen LogP contribution in [-0.4, -0.2) is 28.9 Å². The van der Waals surface area contributed by atoms with Crippen LogP contribution in [0.4, 0.5) is 0 Å². The van der Waals surface area contributed by atoms with Crippen molar-refractivity contribution >= 4 is 0 Å². The van der Waals surface area contributed by atoms with E-state index in [1.807, 2.05) is 25.4 Å². The third kappa shape index (κ3) is 2.23. The second-order valence-corrected chi connectivity index (χ2v) is 3.67.